The second-order valence-corrected chi connectivity index (χ2v) is 11.1. The first-order valence-corrected chi connectivity index (χ1v) is 13.0. The SMILES string of the molecule is CC(C)(C)OC(=O)N[C@@H](c1cncs1)C1C2ON2[C@@]1(C(=O)O)C(=O)NC(c1ccccc1)c1ccccc1. The van der Waals surface area contributed by atoms with Gasteiger partial charge in [0.05, 0.1) is 23.5 Å². The minimum atomic E-state index is -2.09. The van der Waals surface area contributed by atoms with Gasteiger partial charge in [-0.1, -0.05) is 60.7 Å². The maximum atomic E-state index is 14.0. The lowest BCUT2D eigenvalue weighted by molar-refractivity contribution is -0.172. The molecule has 2 saturated heterocycles. The molecule has 3 heterocycles. The van der Waals surface area contributed by atoms with Gasteiger partial charge in [0, 0.05) is 11.1 Å². The van der Waals surface area contributed by atoms with Crippen LogP contribution in [0.3, 0.4) is 0 Å². The number of hydrogen-bond acceptors (Lipinski definition) is 8. The number of alkyl carbamates (subject to hydrolysis) is 1. The van der Waals surface area contributed by atoms with Gasteiger partial charge in [-0.15, -0.1) is 16.4 Å². The van der Waals surface area contributed by atoms with Crippen molar-refractivity contribution in [1.82, 2.24) is 20.7 Å². The molecule has 2 fully saturated rings. The molecule has 0 aliphatic carbocycles. The molecule has 11 heteroatoms. The third-order valence-electron chi connectivity index (χ3n) is 6.55. The molecular formula is C27H28N4O6S. The highest BCUT2D eigenvalue weighted by Gasteiger charge is 2.82. The standard InChI is InChI=1S/C27H28N4O6S/c1-26(2,3)36-25(35)30-21(18-14-28-15-38-18)19-22-31(37-22)27(19,24(33)34)23(32)29-20(16-10-6-4-7-11-16)17-12-8-5-9-13-17/h4-15,19-22H,1-3H3,(H,29,32)(H,30,35)(H,33,34)/t19?,21-,22?,27+,31?/m0/s1. The summed E-state index contributed by atoms with van der Waals surface area (Å²) in [5, 5.41) is 17.4. The van der Waals surface area contributed by atoms with Crippen molar-refractivity contribution in [2.45, 2.75) is 50.2 Å². The van der Waals surface area contributed by atoms with Crippen LogP contribution < -0.4 is 10.6 Å². The predicted octanol–water partition coefficient (Wildman–Crippen LogP) is 3.64. The fraction of sp³-hybridized carbons (Fsp3) is 0.333. The van der Waals surface area contributed by atoms with Crippen molar-refractivity contribution < 1.29 is 29.1 Å². The smallest absolute Gasteiger partial charge is 0.408 e. The highest BCUT2D eigenvalue weighted by Crippen LogP contribution is 2.59. The van der Waals surface area contributed by atoms with Crippen molar-refractivity contribution in [3.8, 4) is 0 Å². The molecular weight excluding hydrogens is 508 g/mol. The number of rotatable bonds is 8. The lowest BCUT2D eigenvalue weighted by atomic mass is 9.70. The number of fused-ring (bicyclic) bond motifs is 1. The summed E-state index contributed by atoms with van der Waals surface area (Å²) in [4.78, 5) is 49.9. The van der Waals surface area contributed by atoms with E-state index in [2.05, 4.69) is 15.6 Å². The number of carboxylic acids is 1. The van der Waals surface area contributed by atoms with E-state index >= 15 is 0 Å². The Morgan fingerprint density at radius 3 is 2.16 bits per heavy atom. The zero-order valence-electron chi connectivity index (χ0n) is 21.0. The van der Waals surface area contributed by atoms with Gasteiger partial charge in [-0.25, -0.2) is 9.59 Å². The number of thiazole rings is 1. The maximum Gasteiger partial charge on any atom is 0.408 e. The molecule has 1 aromatic heterocycles. The van der Waals surface area contributed by atoms with Crippen LogP contribution in [-0.2, 0) is 19.2 Å². The number of carboxylic acid groups (broad SMARTS) is 1. The average molecular weight is 537 g/mol. The van der Waals surface area contributed by atoms with Gasteiger partial charge in [0.15, 0.2) is 6.23 Å². The molecule has 0 bridgehead atoms. The molecule has 3 N–H and O–H groups in total. The number of nitrogens with zero attached hydrogens (tertiary/aromatic N) is 2. The monoisotopic (exact) mass is 536 g/mol. The number of ether oxygens (including phenoxy) is 1. The van der Waals surface area contributed by atoms with Gasteiger partial charge in [0.1, 0.15) is 5.60 Å². The van der Waals surface area contributed by atoms with E-state index in [0.717, 1.165) is 11.1 Å². The number of aliphatic carboxylic acids is 1. The van der Waals surface area contributed by atoms with E-state index in [-0.39, 0.29) is 0 Å². The van der Waals surface area contributed by atoms with Crippen LogP contribution >= 0.6 is 11.3 Å². The Bertz CT molecular complexity index is 1270. The first-order valence-electron chi connectivity index (χ1n) is 12.1. The molecule has 38 heavy (non-hydrogen) atoms. The molecule has 0 radical (unpaired) electrons. The minimum absolute atomic E-state index is 0.581. The molecule has 3 aromatic rings. The largest absolute Gasteiger partial charge is 0.479 e. The second kappa shape index (κ2) is 9.82. The van der Waals surface area contributed by atoms with E-state index in [4.69, 9.17) is 9.57 Å². The number of hydroxylamine groups is 2. The quantitative estimate of drug-likeness (QED) is 0.294. The summed E-state index contributed by atoms with van der Waals surface area (Å²) in [6.45, 7) is 5.18. The number of nitrogens with one attached hydrogen (secondary N) is 2. The molecule has 2 aromatic carbocycles. The molecule has 198 valence electrons. The molecule has 2 aliphatic heterocycles. The van der Waals surface area contributed by atoms with E-state index in [1.807, 2.05) is 60.7 Å². The highest BCUT2D eigenvalue weighted by atomic mass is 32.1. The van der Waals surface area contributed by atoms with Gasteiger partial charge in [-0.3, -0.25) is 14.6 Å². The summed E-state index contributed by atoms with van der Waals surface area (Å²) in [6, 6.07) is 17.1. The highest BCUT2D eigenvalue weighted by molar-refractivity contribution is 7.09. The first kappa shape index (κ1) is 25.8. The number of carbonyl (C=O) groups is 3. The van der Waals surface area contributed by atoms with E-state index < -0.39 is 53.3 Å². The van der Waals surface area contributed by atoms with Crippen molar-refractivity contribution in [3.05, 3.63) is 88.4 Å². The van der Waals surface area contributed by atoms with Crippen molar-refractivity contribution in [1.29, 1.82) is 0 Å². The third kappa shape index (κ3) is 4.64. The van der Waals surface area contributed by atoms with Gasteiger partial charge in [-0.2, -0.15) is 0 Å². The Hall–Kier alpha value is -3.80. The van der Waals surface area contributed by atoms with Crippen LogP contribution in [0.2, 0.25) is 0 Å². The Morgan fingerprint density at radius 2 is 1.66 bits per heavy atom. The number of benzene rings is 2. The number of hydrogen-bond donors (Lipinski definition) is 3. The zero-order chi connectivity index (χ0) is 27.1. The fourth-order valence-corrected chi connectivity index (χ4v) is 5.61. The van der Waals surface area contributed by atoms with Crippen molar-refractivity contribution >= 4 is 29.3 Å². The van der Waals surface area contributed by atoms with Crippen molar-refractivity contribution in [3.63, 3.8) is 0 Å². The minimum Gasteiger partial charge on any atom is -0.479 e. The Labute approximate surface area is 223 Å². The van der Waals surface area contributed by atoms with Crippen LogP contribution in [-0.4, -0.2) is 50.5 Å². The summed E-state index contributed by atoms with van der Waals surface area (Å²) < 4.78 is 5.43. The van der Waals surface area contributed by atoms with E-state index in [9.17, 15) is 19.5 Å². The van der Waals surface area contributed by atoms with Crippen LogP contribution in [0.1, 0.15) is 48.9 Å². The maximum absolute atomic E-state index is 14.0. The third-order valence-corrected chi connectivity index (χ3v) is 7.41. The second-order valence-electron chi connectivity index (χ2n) is 10.2. The molecule has 10 nitrogen and oxygen atoms in total. The average Bonchev–Trinajstić information content (AvgIpc) is 3.31. The van der Waals surface area contributed by atoms with Crippen LogP contribution in [0.25, 0.3) is 0 Å². The molecule has 5 atom stereocenters. The van der Waals surface area contributed by atoms with E-state index in [0.29, 0.717) is 4.88 Å². The number of amides is 2. The summed E-state index contributed by atoms with van der Waals surface area (Å²) in [5.74, 6) is -3.07. The molecule has 0 spiro atoms. The molecule has 2 aliphatic rings. The topological polar surface area (TPSA) is 133 Å². The molecule has 5 rings (SSSR count). The summed E-state index contributed by atoms with van der Waals surface area (Å²) in [7, 11) is 0. The fourth-order valence-electron chi connectivity index (χ4n) is 4.89. The van der Waals surface area contributed by atoms with Gasteiger partial charge in [-0.05, 0) is 31.9 Å². The molecule has 0 saturated carbocycles. The van der Waals surface area contributed by atoms with Gasteiger partial charge in [0.25, 0.3) is 5.91 Å². The Balaban J connectivity index is 1.50. The summed E-state index contributed by atoms with van der Waals surface area (Å²) >= 11 is 1.24. The van der Waals surface area contributed by atoms with Gasteiger partial charge < -0.3 is 20.5 Å². The lowest BCUT2D eigenvalue weighted by Crippen LogP contribution is -2.73. The van der Waals surface area contributed by atoms with Crippen LogP contribution in [0.5, 0.6) is 0 Å². The van der Waals surface area contributed by atoms with Crippen LogP contribution in [0.15, 0.2) is 72.4 Å². The molecule has 2 amide bonds. The Morgan fingerprint density at radius 1 is 1.05 bits per heavy atom. The van der Waals surface area contributed by atoms with Crippen molar-refractivity contribution in [2.75, 3.05) is 0 Å². The Kier molecular flexibility index (Phi) is 6.68. The van der Waals surface area contributed by atoms with Gasteiger partial charge in [0.2, 0.25) is 5.54 Å². The number of aromatic nitrogens is 1. The number of carbonyl (C=O) groups excluding carboxylic acids is 2. The van der Waals surface area contributed by atoms with E-state index in [1.165, 1.54) is 16.4 Å². The van der Waals surface area contributed by atoms with E-state index in [1.54, 1.807) is 32.5 Å². The van der Waals surface area contributed by atoms with Crippen LogP contribution in [0, 0.1) is 5.92 Å². The van der Waals surface area contributed by atoms with Crippen LogP contribution in [0.4, 0.5) is 4.79 Å². The lowest BCUT2D eigenvalue weighted by Gasteiger charge is -2.44. The summed E-state index contributed by atoms with van der Waals surface area (Å²) in [6.07, 6.45) is 0.144. The van der Waals surface area contributed by atoms with Crippen molar-refractivity contribution in [2.24, 2.45) is 5.92 Å². The molecule has 3 unspecified atom stereocenters. The predicted molar refractivity (Wildman–Crippen MR) is 138 cm³/mol. The summed E-state index contributed by atoms with van der Waals surface area (Å²) in [5.41, 5.74) is 0.294. The first-order chi connectivity index (χ1) is 18.1. The normalized spacial score (nSPS) is 24.5. The van der Waals surface area contributed by atoms with Gasteiger partial charge >= 0.3 is 12.1 Å². The zero-order valence-corrected chi connectivity index (χ0v) is 21.8.